The maximum absolute atomic E-state index is 12.4. The number of aromatic nitrogens is 6. The first kappa shape index (κ1) is 17.8. The Morgan fingerprint density at radius 3 is 2.82 bits per heavy atom. The van der Waals surface area contributed by atoms with Gasteiger partial charge in [0, 0.05) is 29.2 Å². The number of aryl methyl sites for hydroxylation is 3. The van der Waals surface area contributed by atoms with Crippen molar-refractivity contribution in [3.05, 3.63) is 69.3 Å². The van der Waals surface area contributed by atoms with Crippen LogP contribution in [0.25, 0.3) is 11.4 Å². The lowest BCUT2D eigenvalue weighted by molar-refractivity contribution is -0.144. The Morgan fingerprint density at radius 1 is 1.18 bits per heavy atom. The van der Waals surface area contributed by atoms with Gasteiger partial charge in [0.2, 0.25) is 0 Å². The van der Waals surface area contributed by atoms with Crippen LogP contribution in [0.3, 0.4) is 0 Å². The zero-order chi connectivity index (χ0) is 19.8. The minimum Gasteiger partial charge on any atom is -0.459 e. The van der Waals surface area contributed by atoms with E-state index in [1.165, 1.54) is 16.8 Å². The summed E-state index contributed by atoms with van der Waals surface area (Å²) >= 11 is 0. The third kappa shape index (κ3) is 3.22. The molecule has 0 amide bonds. The van der Waals surface area contributed by atoms with Gasteiger partial charge in [0.1, 0.15) is 18.6 Å². The number of hydrogen-bond donors (Lipinski definition) is 0. The van der Waals surface area contributed by atoms with Crippen molar-refractivity contribution in [2.24, 2.45) is 0 Å². The average molecular weight is 378 g/mol. The predicted molar refractivity (Wildman–Crippen MR) is 100.0 cm³/mol. The summed E-state index contributed by atoms with van der Waals surface area (Å²) in [4.78, 5) is 37.4. The molecule has 142 valence electrons. The highest BCUT2D eigenvalue weighted by Gasteiger charge is 2.15. The highest BCUT2D eigenvalue weighted by Crippen LogP contribution is 2.14. The summed E-state index contributed by atoms with van der Waals surface area (Å²) in [6.45, 7) is 5.50. The first-order valence-corrected chi connectivity index (χ1v) is 8.73. The molecule has 4 aromatic rings. The van der Waals surface area contributed by atoms with Crippen LogP contribution in [0.2, 0.25) is 0 Å². The van der Waals surface area contributed by atoms with E-state index in [1.54, 1.807) is 16.8 Å². The molecule has 0 fully saturated rings. The summed E-state index contributed by atoms with van der Waals surface area (Å²) in [6, 6.07) is 5.00. The molecule has 9 nitrogen and oxygen atoms in total. The number of carbonyl (C=O) groups is 1. The Balaban J connectivity index is 1.52. The third-order valence-corrected chi connectivity index (χ3v) is 4.55. The van der Waals surface area contributed by atoms with Gasteiger partial charge in [-0.25, -0.2) is 14.5 Å². The van der Waals surface area contributed by atoms with Crippen LogP contribution in [0.15, 0.2) is 35.5 Å². The van der Waals surface area contributed by atoms with E-state index in [2.05, 4.69) is 20.1 Å². The van der Waals surface area contributed by atoms with Gasteiger partial charge in [-0.3, -0.25) is 14.0 Å². The van der Waals surface area contributed by atoms with Crippen molar-refractivity contribution in [1.29, 1.82) is 0 Å². The van der Waals surface area contributed by atoms with Crippen molar-refractivity contribution >= 4 is 17.4 Å². The number of esters is 1. The largest absolute Gasteiger partial charge is 0.459 e. The zero-order valence-electron chi connectivity index (χ0n) is 15.7. The van der Waals surface area contributed by atoms with Crippen LogP contribution in [0.5, 0.6) is 0 Å². The quantitative estimate of drug-likeness (QED) is 0.494. The molecular formula is C19H18N6O3. The summed E-state index contributed by atoms with van der Waals surface area (Å²) in [5.74, 6) is 0.0570. The van der Waals surface area contributed by atoms with E-state index in [1.807, 2.05) is 26.8 Å². The zero-order valence-corrected chi connectivity index (χ0v) is 15.7. The first-order valence-electron chi connectivity index (χ1n) is 8.73. The van der Waals surface area contributed by atoms with Gasteiger partial charge in [-0.05, 0) is 32.4 Å². The van der Waals surface area contributed by atoms with Crippen LogP contribution in [-0.2, 0) is 22.6 Å². The normalized spacial score (nSPS) is 11.2. The van der Waals surface area contributed by atoms with Crippen LogP contribution in [0.1, 0.15) is 28.2 Å². The Morgan fingerprint density at radius 2 is 2.00 bits per heavy atom. The smallest absolute Gasteiger partial charge is 0.310 e. The fourth-order valence-corrected chi connectivity index (χ4v) is 3.09. The van der Waals surface area contributed by atoms with E-state index in [4.69, 9.17) is 4.74 Å². The van der Waals surface area contributed by atoms with Gasteiger partial charge in [0.15, 0.2) is 0 Å². The molecule has 9 heteroatoms. The number of hydrogen-bond acceptors (Lipinski definition) is 7. The topological polar surface area (TPSA) is 104 Å². The van der Waals surface area contributed by atoms with Crippen molar-refractivity contribution in [2.75, 3.05) is 0 Å². The Bertz CT molecular complexity index is 1270. The van der Waals surface area contributed by atoms with E-state index >= 15 is 0 Å². The SMILES string of the molecule is Cc1ccc2nc(COC(=O)Cc3c(C)nc4ncnn4c3C)cc(=O)n2c1. The summed E-state index contributed by atoms with van der Waals surface area (Å²) in [5, 5.41) is 4.11. The van der Waals surface area contributed by atoms with Gasteiger partial charge in [-0.15, -0.1) is 0 Å². The second kappa shape index (κ2) is 6.84. The fourth-order valence-electron chi connectivity index (χ4n) is 3.09. The molecule has 0 aliphatic carbocycles. The molecular weight excluding hydrogens is 360 g/mol. The standard InChI is InChI=1S/C19H18N6O3/c1-11-4-5-16-23-14(6-17(26)24(16)8-11)9-28-18(27)7-15-12(2)22-19-20-10-21-25(19)13(15)3/h4-6,8,10H,7,9H2,1-3H3. The number of ether oxygens (including phenoxy) is 1. The Hall–Kier alpha value is -3.62. The molecule has 0 saturated carbocycles. The highest BCUT2D eigenvalue weighted by molar-refractivity contribution is 5.73. The van der Waals surface area contributed by atoms with E-state index in [0.717, 1.165) is 16.8 Å². The monoisotopic (exact) mass is 378 g/mol. The second-order valence-corrected chi connectivity index (χ2v) is 6.59. The summed E-state index contributed by atoms with van der Waals surface area (Å²) in [5.41, 5.74) is 3.88. The molecule has 28 heavy (non-hydrogen) atoms. The molecule has 0 saturated heterocycles. The summed E-state index contributed by atoms with van der Waals surface area (Å²) < 4.78 is 8.39. The van der Waals surface area contributed by atoms with Gasteiger partial charge < -0.3 is 4.74 Å². The molecule has 0 atom stereocenters. The molecule has 0 aliphatic rings. The molecule has 0 aliphatic heterocycles. The Kier molecular flexibility index (Phi) is 4.34. The van der Waals surface area contributed by atoms with Crippen molar-refractivity contribution in [3.8, 4) is 0 Å². The average Bonchev–Trinajstić information content (AvgIpc) is 3.12. The molecule has 0 N–H and O–H groups in total. The summed E-state index contributed by atoms with van der Waals surface area (Å²) in [6.07, 6.45) is 3.19. The lowest BCUT2D eigenvalue weighted by atomic mass is 10.1. The van der Waals surface area contributed by atoms with Gasteiger partial charge in [-0.2, -0.15) is 10.1 Å². The van der Waals surface area contributed by atoms with Crippen LogP contribution in [0, 0.1) is 20.8 Å². The van der Waals surface area contributed by atoms with Crippen molar-refractivity contribution in [3.63, 3.8) is 0 Å². The maximum Gasteiger partial charge on any atom is 0.310 e. The lowest BCUT2D eigenvalue weighted by Gasteiger charge is -2.10. The van der Waals surface area contributed by atoms with Crippen molar-refractivity contribution in [1.82, 2.24) is 29.0 Å². The van der Waals surface area contributed by atoms with Crippen molar-refractivity contribution in [2.45, 2.75) is 33.8 Å². The van der Waals surface area contributed by atoms with Crippen LogP contribution < -0.4 is 5.56 Å². The van der Waals surface area contributed by atoms with Gasteiger partial charge in [-0.1, -0.05) is 6.07 Å². The third-order valence-electron chi connectivity index (χ3n) is 4.55. The molecule has 0 bridgehead atoms. The molecule has 4 rings (SSSR count). The minimum atomic E-state index is -0.432. The minimum absolute atomic E-state index is 0.0478. The number of pyridine rings is 1. The molecule has 0 aromatic carbocycles. The number of carbonyl (C=O) groups excluding carboxylic acids is 1. The summed E-state index contributed by atoms with van der Waals surface area (Å²) in [7, 11) is 0. The highest BCUT2D eigenvalue weighted by atomic mass is 16.5. The first-order chi connectivity index (χ1) is 13.4. The van der Waals surface area contributed by atoms with E-state index < -0.39 is 5.97 Å². The second-order valence-electron chi connectivity index (χ2n) is 6.59. The number of nitrogens with zero attached hydrogens (tertiary/aromatic N) is 6. The van der Waals surface area contributed by atoms with E-state index in [0.29, 0.717) is 22.8 Å². The Labute approximate surface area is 159 Å². The fraction of sp³-hybridized carbons (Fsp3) is 0.263. The van der Waals surface area contributed by atoms with Gasteiger partial charge in [0.25, 0.3) is 11.3 Å². The van der Waals surface area contributed by atoms with Crippen LogP contribution in [0.4, 0.5) is 0 Å². The molecule has 0 spiro atoms. The van der Waals surface area contributed by atoms with Crippen LogP contribution in [-0.4, -0.2) is 34.9 Å². The van der Waals surface area contributed by atoms with Gasteiger partial charge >= 0.3 is 5.97 Å². The molecule has 4 heterocycles. The van der Waals surface area contributed by atoms with Crippen LogP contribution >= 0.6 is 0 Å². The number of fused-ring (bicyclic) bond motifs is 2. The lowest BCUT2D eigenvalue weighted by Crippen LogP contribution is -2.18. The van der Waals surface area contributed by atoms with E-state index in [-0.39, 0.29) is 18.6 Å². The maximum atomic E-state index is 12.4. The van der Waals surface area contributed by atoms with Crippen molar-refractivity contribution < 1.29 is 9.53 Å². The molecule has 0 radical (unpaired) electrons. The molecule has 4 aromatic heterocycles. The predicted octanol–water partition coefficient (Wildman–Crippen LogP) is 1.34. The van der Waals surface area contributed by atoms with Gasteiger partial charge in [0.05, 0.1) is 12.1 Å². The number of rotatable bonds is 4. The molecule has 0 unspecified atom stereocenters. The van der Waals surface area contributed by atoms with E-state index in [9.17, 15) is 9.59 Å².